The molecule has 0 saturated carbocycles. The molecule has 1 aliphatic heterocycles. The van der Waals surface area contributed by atoms with E-state index in [4.69, 9.17) is 4.55 Å². The Bertz CT molecular complexity index is 636. The highest BCUT2D eigenvalue weighted by atomic mass is 32.2. The molecule has 1 aromatic rings. The van der Waals surface area contributed by atoms with Crippen LogP contribution in [0.1, 0.15) is 59.6 Å². The first kappa shape index (κ1) is 17.4. The van der Waals surface area contributed by atoms with E-state index in [0.717, 1.165) is 12.0 Å². The van der Waals surface area contributed by atoms with Crippen LogP contribution in [0.2, 0.25) is 0 Å². The molecule has 3 unspecified atom stereocenters. The second kappa shape index (κ2) is 5.32. The van der Waals surface area contributed by atoms with Crippen molar-refractivity contribution in [1.82, 2.24) is 4.90 Å². The van der Waals surface area contributed by atoms with Gasteiger partial charge in [-0.2, -0.15) is 8.42 Å². The van der Waals surface area contributed by atoms with Crippen LogP contribution in [0.4, 0.5) is 0 Å². The van der Waals surface area contributed by atoms with Crippen LogP contribution in [0.25, 0.3) is 0 Å². The van der Waals surface area contributed by atoms with Crippen molar-refractivity contribution in [3.8, 4) is 0 Å². The van der Waals surface area contributed by atoms with Crippen LogP contribution < -0.4 is 0 Å². The summed E-state index contributed by atoms with van der Waals surface area (Å²) in [6.07, 6.45) is 1.09. The van der Waals surface area contributed by atoms with E-state index in [1.165, 1.54) is 12.1 Å². The lowest BCUT2D eigenvalue weighted by molar-refractivity contribution is 0.245. The normalized spacial score (nSPS) is 26.0. The Balaban J connectivity index is 2.26. The summed E-state index contributed by atoms with van der Waals surface area (Å²) in [7, 11) is -4.12. The maximum Gasteiger partial charge on any atom is 0.294 e. The fourth-order valence-electron chi connectivity index (χ4n) is 3.25. The molecule has 1 aliphatic rings. The fourth-order valence-corrected chi connectivity index (χ4v) is 3.73. The van der Waals surface area contributed by atoms with Gasteiger partial charge in [-0.15, -0.1) is 0 Å². The molecule has 3 atom stereocenters. The number of hydrogen-bond donors (Lipinski definition) is 1. The molecule has 4 nitrogen and oxygen atoms in total. The quantitative estimate of drug-likeness (QED) is 0.676. The number of nitrogens with zero attached hydrogens (tertiary/aromatic N) is 1. The van der Waals surface area contributed by atoms with E-state index >= 15 is 0 Å². The molecule has 1 heterocycles. The SMILES string of the molecule is CC(C)(C)CC1C(c2ccc(S(=O)(=O)O)cc2)N1C(C)(C)C. The zero-order valence-electron chi connectivity index (χ0n) is 14.3. The molecule has 0 aromatic heterocycles. The van der Waals surface area contributed by atoms with Crippen LogP contribution >= 0.6 is 0 Å². The number of hydrogen-bond acceptors (Lipinski definition) is 3. The third-order valence-corrected chi connectivity index (χ3v) is 4.92. The van der Waals surface area contributed by atoms with Gasteiger partial charge in [-0.3, -0.25) is 9.45 Å². The molecule has 22 heavy (non-hydrogen) atoms. The van der Waals surface area contributed by atoms with Gasteiger partial charge in [0.1, 0.15) is 0 Å². The Labute approximate surface area is 134 Å². The van der Waals surface area contributed by atoms with Gasteiger partial charge < -0.3 is 0 Å². The Morgan fingerprint density at radius 3 is 1.91 bits per heavy atom. The Hall–Kier alpha value is -0.910. The second-order valence-corrected chi connectivity index (χ2v) is 9.82. The van der Waals surface area contributed by atoms with E-state index in [1.807, 2.05) is 12.1 Å². The molecule has 0 amide bonds. The maximum atomic E-state index is 11.2. The summed E-state index contributed by atoms with van der Waals surface area (Å²) in [6, 6.07) is 7.38. The van der Waals surface area contributed by atoms with Gasteiger partial charge in [0, 0.05) is 11.6 Å². The van der Waals surface area contributed by atoms with Gasteiger partial charge in [-0.05, 0) is 50.3 Å². The third kappa shape index (κ3) is 3.89. The van der Waals surface area contributed by atoms with Crippen molar-refractivity contribution in [2.75, 3.05) is 0 Å². The molecule has 0 bridgehead atoms. The van der Waals surface area contributed by atoms with E-state index < -0.39 is 10.1 Å². The van der Waals surface area contributed by atoms with Gasteiger partial charge in [0.2, 0.25) is 0 Å². The molecule has 0 aliphatic carbocycles. The van der Waals surface area contributed by atoms with Crippen LogP contribution in [0.5, 0.6) is 0 Å². The van der Waals surface area contributed by atoms with Gasteiger partial charge in [-0.1, -0.05) is 32.9 Å². The summed E-state index contributed by atoms with van der Waals surface area (Å²) >= 11 is 0. The molecule has 1 N–H and O–H groups in total. The first-order chi connectivity index (χ1) is 9.81. The Kier molecular flexibility index (Phi) is 4.22. The lowest BCUT2D eigenvalue weighted by Gasteiger charge is -2.24. The summed E-state index contributed by atoms with van der Waals surface area (Å²) < 4.78 is 31.4. The van der Waals surface area contributed by atoms with Gasteiger partial charge in [-0.25, -0.2) is 0 Å². The summed E-state index contributed by atoms with van der Waals surface area (Å²) in [4.78, 5) is 2.42. The predicted octanol–water partition coefficient (Wildman–Crippen LogP) is 3.89. The van der Waals surface area contributed by atoms with Crippen molar-refractivity contribution in [2.24, 2.45) is 5.41 Å². The third-order valence-electron chi connectivity index (χ3n) is 4.05. The van der Waals surface area contributed by atoms with Crippen molar-refractivity contribution in [3.63, 3.8) is 0 Å². The fraction of sp³-hybridized carbons (Fsp3) is 0.647. The molecular formula is C17H27NO3S. The molecular weight excluding hydrogens is 298 g/mol. The van der Waals surface area contributed by atoms with Crippen molar-refractivity contribution in [1.29, 1.82) is 0 Å². The first-order valence-corrected chi connectivity index (χ1v) is 9.11. The van der Waals surface area contributed by atoms with Gasteiger partial charge >= 0.3 is 0 Å². The second-order valence-electron chi connectivity index (χ2n) is 8.40. The molecule has 1 saturated heterocycles. The highest BCUT2D eigenvalue weighted by molar-refractivity contribution is 7.85. The van der Waals surface area contributed by atoms with E-state index in [-0.39, 0.29) is 15.8 Å². The van der Waals surface area contributed by atoms with Crippen molar-refractivity contribution in [3.05, 3.63) is 29.8 Å². The average molecular weight is 325 g/mol. The predicted molar refractivity (Wildman–Crippen MR) is 88.4 cm³/mol. The molecule has 0 spiro atoms. The highest BCUT2D eigenvalue weighted by Gasteiger charge is 2.54. The standard InChI is InChI=1S/C17H27NO3S/c1-16(2,3)11-14-15(18(14)17(4,5)6)12-7-9-13(10-8-12)22(19,20)21/h7-10,14-15H,11H2,1-6H3,(H,19,20,21). The minimum absolute atomic E-state index is 0.0495. The molecule has 124 valence electrons. The molecule has 5 heteroatoms. The smallest absolute Gasteiger partial charge is 0.285 e. The van der Waals surface area contributed by atoms with Crippen LogP contribution in [0, 0.1) is 5.41 Å². The van der Waals surface area contributed by atoms with Crippen molar-refractivity contribution in [2.45, 2.75) is 70.5 Å². The largest absolute Gasteiger partial charge is 0.294 e. The molecule has 2 rings (SSSR count). The van der Waals surface area contributed by atoms with Gasteiger partial charge in [0.15, 0.2) is 0 Å². The molecule has 1 fully saturated rings. The molecule has 0 radical (unpaired) electrons. The zero-order valence-corrected chi connectivity index (χ0v) is 15.1. The lowest BCUT2D eigenvalue weighted by atomic mass is 9.89. The molecule has 1 aromatic carbocycles. The van der Waals surface area contributed by atoms with Crippen LogP contribution in [-0.4, -0.2) is 29.5 Å². The van der Waals surface area contributed by atoms with Crippen molar-refractivity contribution < 1.29 is 13.0 Å². The summed E-state index contributed by atoms with van der Waals surface area (Å²) in [5, 5.41) is 0. The van der Waals surface area contributed by atoms with E-state index in [0.29, 0.717) is 12.1 Å². The van der Waals surface area contributed by atoms with E-state index in [9.17, 15) is 8.42 Å². The highest BCUT2D eigenvalue weighted by Crippen LogP contribution is 2.52. The Morgan fingerprint density at radius 2 is 1.55 bits per heavy atom. The average Bonchev–Trinajstić information content (AvgIpc) is 2.99. The maximum absolute atomic E-state index is 11.2. The van der Waals surface area contributed by atoms with Gasteiger partial charge in [0.25, 0.3) is 10.1 Å². The summed E-state index contributed by atoms with van der Waals surface area (Å²) in [5.74, 6) is 0. The van der Waals surface area contributed by atoms with Crippen LogP contribution in [0.3, 0.4) is 0 Å². The summed E-state index contributed by atoms with van der Waals surface area (Å²) in [6.45, 7) is 13.3. The van der Waals surface area contributed by atoms with Crippen molar-refractivity contribution >= 4 is 10.1 Å². The van der Waals surface area contributed by atoms with Crippen LogP contribution in [0.15, 0.2) is 29.2 Å². The van der Waals surface area contributed by atoms with Gasteiger partial charge in [0.05, 0.1) is 10.9 Å². The minimum Gasteiger partial charge on any atom is -0.285 e. The number of rotatable bonds is 3. The first-order valence-electron chi connectivity index (χ1n) is 7.67. The summed E-state index contributed by atoms with van der Waals surface area (Å²) in [5.41, 5.74) is 1.43. The minimum atomic E-state index is -4.12. The van der Waals surface area contributed by atoms with E-state index in [2.05, 4.69) is 46.4 Å². The monoisotopic (exact) mass is 325 g/mol. The zero-order chi connectivity index (χ0) is 16.9. The Morgan fingerprint density at radius 1 is 1.05 bits per heavy atom. The van der Waals surface area contributed by atoms with Crippen LogP contribution in [-0.2, 0) is 10.1 Å². The topological polar surface area (TPSA) is 57.4 Å². The lowest BCUT2D eigenvalue weighted by Crippen LogP contribution is -2.28. The van der Waals surface area contributed by atoms with E-state index in [1.54, 1.807) is 0 Å². The number of benzene rings is 1.